The van der Waals surface area contributed by atoms with E-state index in [-0.39, 0.29) is 25.2 Å². The van der Waals surface area contributed by atoms with Gasteiger partial charge in [-0.2, -0.15) is 13.2 Å². The highest BCUT2D eigenvalue weighted by atomic mass is 19.4. The third kappa shape index (κ3) is 6.19. The van der Waals surface area contributed by atoms with E-state index >= 15 is 0 Å². The van der Waals surface area contributed by atoms with Crippen molar-refractivity contribution in [2.24, 2.45) is 0 Å². The fourth-order valence-corrected chi connectivity index (χ4v) is 3.43. The molecule has 6 nitrogen and oxygen atoms in total. The Morgan fingerprint density at radius 3 is 2.52 bits per heavy atom. The van der Waals surface area contributed by atoms with E-state index in [1.807, 2.05) is 29.2 Å². The van der Waals surface area contributed by atoms with Gasteiger partial charge in [0.25, 0.3) is 0 Å². The van der Waals surface area contributed by atoms with Crippen LogP contribution in [0.2, 0.25) is 0 Å². The molecule has 2 N–H and O–H groups in total. The zero-order chi connectivity index (χ0) is 22.4. The number of hydrogen-bond donors (Lipinski definition) is 2. The van der Waals surface area contributed by atoms with Crippen LogP contribution in [0.5, 0.6) is 5.75 Å². The smallest absolute Gasteiger partial charge is 0.449 e. The van der Waals surface area contributed by atoms with E-state index in [1.54, 1.807) is 25.2 Å². The van der Waals surface area contributed by atoms with Crippen LogP contribution in [0.4, 0.5) is 13.2 Å². The lowest BCUT2D eigenvalue weighted by molar-refractivity contribution is -0.147. The molecule has 0 unspecified atom stereocenters. The van der Waals surface area contributed by atoms with Gasteiger partial charge in [0, 0.05) is 26.1 Å². The second-order valence-corrected chi connectivity index (χ2v) is 7.45. The lowest BCUT2D eigenvalue weighted by Gasteiger charge is -2.22. The summed E-state index contributed by atoms with van der Waals surface area (Å²) >= 11 is 0. The van der Waals surface area contributed by atoms with E-state index in [1.165, 1.54) is 6.07 Å². The highest BCUT2D eigenvalue weighted by molar-refractivity contribution is 5.76. The fourth-order valence-electron chi connectivity index (χ4n) is 3.43. The van der Waals surface area contributed by atoms with Crippen molar-refractivity contribution in [3.8, 4) is 5.75 Å². The minimum atomic E-state index is -4.61. The van der Waals surface area contributed by atoms with Crippen molar-refractivity contribution < 1.29 is 28.1 Å². The van der Waals surface area contributed by atoms with Crippen LogP contribution < -0.4 is 4.74 Å². The van der Waals surface area contributed by atoms with Crippen molar-refractivity contribution in [1.82, 2.24) is 14.5 Å². The van der Waals surface area contributed by atoms with Gasteiger partial charge in [0.1, 0.15) is 5.75 Å². The molecule has 0 saturated heterocycles. The number of halogens is 3. The number of likely N-dealkylation sites (N-methyl/N-ethyl adjacent to an activating group) is 1. The van der Waals surface area contributed by atoms with Crippen LogP contribution in [0.3, 0.4) is 0 Å². The van der Waals surface area contributed by atoms with Gasteiger partial charge in [0.2, 0.25) is 5.82 Å². The molecule has 0 aliphatic carbocycles. The minimum Gasteiger partial charge on any atom is -0.494 e. The Balaban J connectivity index is 1.61. The molecule has 168 valence electrons. The Kier molecular flexibility index (Phi) is 7.53. The summed E-state index contributed by atoms with van der Waals surface area (Å²) in [5.74, 6) is -0.307. The maximum Gasteiger partial charge on any atom is 0.449 e. The lowest BCUT2D eigenvalue weighted by atomic mass is 10.2. The van der Waals surface area contributed by atoms with Gasteiger partial charge in [-0.05, 0) is 36.9 Å². The second-order valence-electron chi connectivity index (χ2n) is 7.45. The quantitative estimate of drug-likeness (QED) is 0.477. The summed E-state index contributed by atoms with van der Waals surface area (Å²) in [7, 11) is 1.80. The normalized spacial score (nSPS) is 13.1. The molecule has 1 heterocycles. The zero-order valence-electron chi connectivity index (χ0n) is 17.2. The molecular formula is C22H26F3N3O3. The summed E-state index contributed by atoms with van der Waals surface area (Å²) in [5, 5.41) is 19.3. The summed E-state index contributed by atoms with van der Waals surface area (Å²) in [4.78, 5) is 5.55. The van der Waals surface area contributed by atoms with Crippen LogP contribution in [0.1, 0.15) is 17.8 Å². The molecule has 0 amide bonds. The Morgan fingerprint density at radius 2 is 1.84 bits per heavy atom. The molecule has 9 heteroatoms. The Morgan fingerprint density at radius 1 is 1.13 bits per heavy atom. The van der Waals surface area contributed by atoms with E-state index in [2.05, 4.69) is 4.98 Å². The Hall–Kier alpha value is -2.62. The molecule has 31 heavy (non-hydrogen) atoms. The number of benzene rings is 2. The van der Waals surface area contributed by atoms with Crippen LogP contribution in [0.25, 0.3) is 11.0 Å². The predicted molar refractivity (Wildman–Crippen MR) is 111 cm³/mol. The van der Waals surface area contributed by atoms with Crippen molar-refractivity contribution in [1.29, 1.82) is 0 Å². The van der Waals surface area contributed by atoms with Crippen molar-refractivity contribution in [2.45, 2.75) is 31.8 Å². The Labute approximate surface area is 178 Å². The standard InChI is InChI=1S/C22H26F3N3O3/c1-27(13-16-7-9-18(10-8-16)31-12-4-11-29)14-17(30)15-28-20-6-3-2-5-19(20)26-21(28)22(23,24)25/h2-3,5-10,17,29-30H,4,11-15H2,1H3/t17-/m0/s1. The number of fused-ring (bicyclic) bond motifs is 1. The minimum absolute atomic E-state index is 0.0739. The van der Waals surface area contributed by atoms with Gasteiger partial charge < -0.3 is 19.5 Å². The molecule has 1 atom stereocenters. The molecule has 2 aromatic carbocycles. The molecule has 0 aliphatic rings. The van der Waals surface area contributed by atoms with Gasteiger partial charge in [-0.25, -0.2) is 4.98 Å². The molecule has 1 aromatic heterocycles. The van der Waals surface area contributed by atoms with Gasteiger partial charge in [-0.3, -0.25) is 4.90 Å². The molecule has 0 radical (unpaired) electrons. The average molecular weight is 437 g/mol. The molecule has 3 aromatic rings. The zero-order valence-corrected chi connectivity index (χ0v) is 17.2. The lowest BCUT2D eigenvalue weighted by Crippen LogP contribution is -2.32. The predicted octanol–water partition coefficient (Wildman–Crippen LogP) is 3.31. The summed E-state index contributed by atoms with van der Waals surface area (Å²) in [6, 6.07) is 13.8. The molecule has 0 spiro atoms. The van der Waals surface area contributed by atoms with Crippen LogP contribution in [-0.2, 0) is 19.3 Å². The van der Waals surface area contributed by atoms with Gasteiger partial charge in [0.15, 0.2) is 0 Å². The molecule has 3 rings (SSSR count). The first-order valence-corrected chi connectivity index (χ1v) is 9.99. The van der Waals surface area contributed by atoms with Gasteiger partial charge in [-0.1, -0.05) is 24.3 Å². The van der Waals surface area contributed by atoms with E-state index < -0.39 is 18.1 Å². The number of ether oxygens (including phenoxy) is 1. The molecule has 0 aliphatic heterocycles. The molecular weight excluding hydrogens is 411 g/mol. The fraction of sp³-hybridized carbons (Fsp3) is 0.409. The largest absolute Gasteiger partial charge is 0.494 e. The number of rotatable bonds is 10. The van der Waals surface area contributed by atoms with Crippen molar-refractivity contribution in [3.05, 3.63) is 59.9 Å². The first-order chi connectivity index (χ1) is 14.8. The number of aliphatic hydroxyl groups is 2. The number of nitrogens with zero attached hydrogens (tertiary/aromatic N) is 3. The van der Waals surface area contributed by atoms with Crippen molar-refractivity contribution in [2.75, 3.05) is 26.8 Å². The second kappa shape index (κ2) is 10.1. The number of imidazole rings is 1. The first kappa shape index (κ1) is 23.1. The van der Waals surface area contributed by atoms with E-state index in [4.69, 9.17) is 9.84 Å². The van der Waals surface area contributed by atoms with Gasteiger partial charge >= 0.3 is 6.18 Å². The molecule has 0 bridgehead atoms. The van der Waals surface area contributed by atoms with E-state index in [0.717, 1.165) is 10.1 Å². The van der Waals surface area contributed by atoms with Gasteiger partial charge in [-0.15, -0.1) is 0 Å². The Bertz CT molecular complexity index is 974. The van der Waals surface area contributed by atoms with Crippen LogP contribution in [0, 0.1) is 0 Å². The number of alkyl halides is 3. The summed E-state index contributed by atoms with van der Waals surface area (Å²) < 4.78 is 46.8. The first-order valence-electron chi connectivity index (χ1n) is 9.99. The highest BCUT2D eigenvalue weighted by Crippen LogP contribution is 2.31. The molecule has 0 saturated carbocycles. The van der Waals surface area contributed by atoms with Gasteiger partial charge in [0.05, 0.1) is 30.3 Å². The maximum absolute atomic E-state index is 13.4. The monoisotopic (exact) mass is 437 g/mol. The van der Waals surface area contributed by atoms with Crippen LogP contribution in [-0.4, -0.2) is 57.6 Å². The topological polar surface area (TPSA) is 70.8 Å². The summed E-state index contributed by atoms with van der Waals surface area (Å²) in [6.07, 6.45) is -5.05. The maximum atomic E-state index is 13.4. The average Bonchev–Trinajstić information content (AvgIpc) is 3.08. The van der Waals surface area contributed by atoms with Crippen molar-refractivity contribution >= 4 is 11.0 Å². The number of hydrogen-bond acceptors (Lipinski definition) is 5. The van der Waals surface area contributed by atoms with Crippen LogP contribution >= 0.6 is 0 Å². The van der Waals surface area contributed by atoms with Crippen LogP contribution in [0.15, 0.2) is 48.5 Å². The number of aliphatic hydroxyl groups excluding tert-OH is 2. The number of aromatic nitrogens is 2. The van der Waals surface area contributed by atoms with E-state index in [9.17, 15) is 18.3 Å². The third-order valence-corrected chi connectivity index (χ3v) is 4.77. The summed E-state index contributed by atoms with van der Waals surface area (Å²) in [6.45, 7) is 1.01. The summed E-state index contributed by atoms with van der Waals surface area (Å²) in [5.41, 5.74) is 1.57. The van der Waals surface area contributed by atoms with E-state index in [0.29, 0.717) is 30.8 Å². The number of para-hydroxylation sites is 2. The highest BCUT2D eigenvalue weighted by Gasteiger charge is 2.38. The van der Waals surface area contributed by atoms with Crippen molar-refractivity contribution in [3.63, 3.8) is 0 Å². The third-order valence-electron chi connectivity index (χ3n) is 4.77. The SMILES string of the molecule is CN(Cc1ccc(OCCCO)cc1)C[C@H](O)Cn1c(C(F)(F)F)nc2ccccc21. The molecule has 0 fully saturated rings.